The van der Waals surface area contributed by atoms with Crippen LogP contribution in [-0.4, -0.2) is 29.8 Å². The van der Waals surface area contributed by atoms with Gasteiger partial charge in [-0.2, -0.15) is 18.3 Å². The Hall–Kier alpha value is -3.30. The first-order chi connectivity index (χ1) is 12.4. The van der Waals surface area contributed by atoms with E-state index in [9.17, 15) is 17.6 Å². The van der Waals surface area contributed by atoms with E-state index >= 15 is 0 Å². The average molecular weight is 362 g/mol. The Balaban J connectivity index is 1.82. The second-order valence-electron chi connectivity index (χ2n) is 5.48. The third kappa shape index (κ3) is 2.79. The molecule has 0 bridgehead atoms. The lowest BCUT2D eigenvalue weighted by atomic mass is 10.1. The van der Waals surface area contributed by atoms with Gasteiger partial charge in [-0.05, 0) is 23.8 Å². The molecule has 0 saturated carbocycles. The zero-order valence-corrected chi connectivity index (χ0v) is 13.0. The molecular formula is C16H10F4N6. The van der Waals surface area contributed by atoms with Crippen molar-refractivity contribution in [3.8, 4) is 11.6 Å². The molecule has 0 unspecified atom stereocenters. The standard InChI is InChI=1S/C16H10F4N6/c17-10-5-2-1-4-9(10)8-11-12-6-3-7-21-26(12)14(22-11)13-23-15(25-24-13)16(18,19)20/h1-7H,8H2,(H,23,24,25). The summed E-state index contributed by atoms with van der Waals surface area (Å²) >= 11 is 0. The Morgan fingerprint density at radius 1 is 1.04 bits per heavy atom. The fourth-order valence-electron chi connectivity index (χ4n) is 2.58. The Morgan fingerprint density at radius 3 is 2.58 bits per heavy atom. The van der Waals surface area contributed by atoms with E-state index in [1.165, 1.54) is 16.8 Å². The van der Waals surface area contributed by atoms with Gasteiger partial charge < -0.3 is 0 Å². The normalized spacial score (nSPS) is 12.0. The number of hydrogen-bond acceptors (Lipinski definition) is 4. The van der Waals surface area contributed by atoms with Crippen LogP contribution in [0.3, 0.4) is 0 Å². The van der Waals surface area contributed by atoms with E-state index in [0.29, 0.717) is 16.8 Å². The Bertz CT molecular complexity index is 1080. The van der Waals surface area contributed by atoms with Gasteiger partial charge in [-0.3, -0.25) is 5.10 Å². The van der Waals surface area contributed by atoms with Gasteiger partial charge in [0.1, 0.15) is 5.82 Å². The van der Waals surface area contributed by atoms with E-state index in [2.05, 4.69) is 20.2 Å². The van der Waals surface area contributed by atoms with Gasteiger partial charge >= 0.3 is 6.18 Å². The largest absolute Gasteiger partial charge is 0.451 e. The lowest BCUT2D eigenvalue weighted by Crippen LogP contribution is -2.07. The molecule has 0 spiro atoms. The highest BCUT2D eigenvalue weighted by molar-refractivity contribution is 5.61. The van der Waals surface area contributed by atoms with E-state index < -0.39 is 17.8 Å². The van der Waals surface area contributed by atoms with Gasteiger partial charge in [-0.25, -0.2) is 18.9 Å². The molecule has 132 valence electrons. The molecule has 0 aliphatic rings. The molecular weight excluding hydrogens is 352 g/mol. The maximum Gasteiger partial charge on any atom is 0.451 e. The maximum absolute atomic E-state index is 13.9. The minimum atomic E-state index is -4.65. The number of aromatic amines is 1. The number of aromatic nitrogens is 6. The van der Waals surface area contributed by atoms with Crippen molar-refractivity contribution < 1.29 is 17.6 Å². The minimum absolute atomic E-state index is 0.0405. The van der Waals surface area contributed by atoms with Crippen molar-refractivity contribution in [1.29, 1.82) is 0 Å². The summed E-state index contributed by atoms with van der Waals surface area (Å²) in [6.45, 7) is 0. The monoisotopic (exact) mass is 362 g/mol. The smallest absolute Gasteiger partial charge is 0.255 e. The SMILES string of the molecule is Fc1ccccc1Cc1nc(-c2n[nH]c(C(F)(F)F)n2)n2ncccc12. The van der Waals surface area contributed by atoms with E-state index in [0.717, 1.165) is 0 Å². The van der Waals surface area contributed by atoms with Crippen LogP contribution in [0.25, 0.3) is 17.2 Å². The van der Waals surface area contributed by atoms with Crippen molar-refractivity contribution in [3.63, 3.8) is 0 Å². The number of alkyl halides is 3. The summed E-state index contributed by atoms with van der Waals surface area (Å²) in [6.07, 6.45) is -3.04. The predicted molar refractivity (Wildman–Crippen MR) is 82.6 cm³/mol. The molecule has 0 saturated heterocycles. The first-order valence-corrected chi connectivity index (χ1v) is 7.49. The van der Waals surface area contributed by atoms with E-state index in [4.69, 9.17) is 0 Å². The van der Waals surface area contributed by atoms with E-state index in [1.807, 2.05) is 5.10 Å². The van der Waals surface area contributed by atoms with Gasteiger partial charge in [-0.15, -0.1) is 5.10 Å². The molecule has 0 fully saturated rings. The summed E-state index contributed by atoms with van der Waals surface area (Å²) in [7, 11) is 0. The number of rotatable bonds is 3. The number of halogens is 4. The highest BCUT2D eigenvalue weighted by Crippen LogP contribution is 2.28. The molecule has 1 aromatic carbocycles. The zero-order valence-electron chi connectivity index (χ0n) is 13.0. The Labute approximate surface area is 143 Å². The van der Waals surface area contributed by atoms with Gasteiger partial charge in [-0.1, -0.05) is 18.2 Å². The Morgan fingerprint density at radius 2 is 1.85 bits per heavy atom. The van der Waals surface area contributed by atoms with Gasteiger partial charge in [0.2, 0.25) is 17.5 Å². The van der Waals surface area contributed by atoms with E-state index in [-0.39, 0.29) is 18.1 Å². The third-order valence-electron chi connectivity index (χ3n) is 3.76. The van der Waals surface area contributed by atoms with Crippen molar-refractivity contribution in [2.24, 2.45) is 0 Å². The molecule has 26 heavy (non-hydrogen) atoms. The second-order valence-corrected chi connectivity index (χ2v) is 5.48. The summed E-state index contributed by atoms with van der Waals surface area (Å²) < 4.78 is 53.5. The molecule has 3 aromatic heterocycles. The van der Waals surface area contributed by atoms with Crippen LogP contribution in [0.2, 0.25) is 0 Å². The molecule has 0 radical (unpaired) electrons. The molecule has 0 aliphatic heterocycles. The van der Waals surface area contributed by atoms with Crippen molar-refractivity contribution in [1.82, 2.24) is 29.8 Å². The van der Waals surface area contributed by atoms with E-state index in [1.54, 1.807) is 30.3 Å². The van der Waals surface area contributed by atoms with Crippen LogP contribution in [0.15, 0.2) is 42.6 Å². The van der Waals surface area contributed by atoms with Crippen molar-refractivity contribution in [2.75, 3.05) is 0 Å². The molecule has 4 aromatic rings. The van der Waals surface area contributed by atoms with Gasteiger partial charge in [0.15, 0.2) is 0 Å². The molecule has 3 heterocycles. The molecule has 0 amide bonds. The number of nitrogens with one attached hydrogen (secondary N) is 1. The number of H-pyrrole nitrogens is 1. The average Bonchev–Trinajstić information content (AvgIpc) is 3.22. The molecule has 0 atom stereocenters. The van der Waals surface area contributed by atoms with Crippen molar-refractivity contribution in [2.45, 2.75) is 12.6 Å². The van der Waals surface area contributed by atoms with Crippen LogP contribution < -0.4 is 0 Å². The van der Waals surface area contributed by atoms with Gasteiger partial charge in [0.05, 0.1) is 11.2 Å². The fraction of sp³-hybridized carbons (Fsp3) is 0.125. The molecule has 4 rings (SSSR count). The summed E-state index contributed by atoms with van der Waals surface area (Å²) in [5, 5.41) is 9.54. The predicted octanol–water partition coefficient (Wildman–Crippen LogP) is 3.26. The second kappa shape index (κ2) is 5.90. The summed E-state index contributed by atoms with van der Waals surface area (Å²) in [5.74, 6) is -1.82. The lowest BCUT2D eigenvalue weighted by molar-refractivity contribution is -0.144. The zero-order chi connectivity index (χ0) is 18.3. The number of nitrogens with zero attached hydrogens (tertiary/aromatic N) is 5. The maximum atomic E-state index is 13.9. The first kappa shape index (κ1) is 16.2. The summed E-state index contributed by atoms with van der Waals surface area (Å²) in [4.78, 5) is 7.76. The van der Waals surface area contributed by atoms with Gasteiger partial charge in [0.25, 0.3) is 0 Å². The highest BCUT2D eigenvalue weighted by Gasteiger charge is 2.36. The topological polar surface area (TPSA) is 71.8 Å². The summed E-state index contributed by atoms with van der Waals surface area (Å²) in [5.41, 5.74) is 1.40. The Kier molecular flexibility index (Phi) is 3.67. The van der Waals surface area contributed by atoms with Crippen LogP contribution in [-0.2, 0) is 12.6 Å². The van der Waals surface area contributed by atoms with Crippen LogP contribution >= 0.6 is 0 Å². The number of hydrogen-bond donors (Lipinski definition) is 1. The van der Waals surface area contributed by atoms with Crippen LogP contribution in [0.5, 0.6) is 0 Å². The number of benzene rings is 1. The lowest BCUT2D eigenvalue weighted by Gasteiger charge is -2.00. The van der Waals surface area contributed by atoms with Crippen molar-refractivity contribution >= 4 is 5.52 Å². The van der Waals surface area contributed by atoms with Gasteiger partial charge in [0, 0.05) is 12.6 Å². The third-order valence-corrected chi connectivity index (χ3v) is 3.76. The van der Waals surface area contributed by atoms with Crippen molar-refractivity contribution in [3.05, 3.63) is 65.5 Å². The summed E-state index contributed by atoms with van der Waals surface area (Å²) in [6, 6.07) is 9.56. The first-order valence-electron chi connectivity index (χ1n) is 7.49. The number of imidazole rings is 1. The van der Waals surface area contributed by atoms with Crippen LogP contribution in [0.4, 0.5) is 17.6 Å². The highest BCUT2D eigenvalue weighted by atomic mass is 19.4. The minimum Gasteiger partial charge on any atom is -0.255 e. The fourth-order valence-corrected chi connectivity index (χ4v) is 2.58. The van der Waals surface area contributed by atoms with Crippen LogP contribution in [0.1, 0.15) is 17.1 Å². The number of fused-ring (bicyclic) bond motifs is 1. The molecule has 6 nitrogen and oxygen atoms in total. The molecule has 0 aliphatic carbocycles. The van der Waals surface area contributed by atoms with Crippen LogP contribution in [0, 0.1) is 5.82 Å². The quantitative estimate of drug-likeness (QED) is 0.568. The molecule has 1 N–H and O–H groups in total. The molecule has 10 heteroatoms.